The molecule has 0 aliphatic carbocycles. The molecule has 3 aromatic carbocycles. The molecule has 0 radical (unpaired) electrons. The number of fused-ring (bicyclic) bond motifs is 1. The second-order valence-corrected chi connectivity index (χ2v) is 5.92. The van der Waals surface area contributed by atoms with Gasteiger partial charge in [-0.25, -0.2) is 4.79 Å². The van der Waals surface area contributed by atoms with E-state index in [1.807, 2.05) is 6.92 Å². The van der Waals surface area contributed by atoms with Crippen molar-refractivity contribution in [2.45, 2.75) is 19.5 Å². The van der Waals surface area contributed by atoms with E-state index in [-0.39, 0.29) is 11.3 Å². The van der Waals surface area contributed by atoms with Crippen LogP contribution in [0.1, 0.15) is 28.4 Å². The smallest absolute Gasteiger partial charge is 0.416 e. The molecule has 6 heteroatoms. The second-order valence-electron chi connectivity index (χ2n) is 5.92. The number of rotatable bonds is 3. The van der Waals surface area contributed by atoms with Gasteiger partial charge in [-0.15, -0.1) is 0 Å². The van der Waals surface area contributed by atoms with Gasteiger partial charge in [-0.1, -0.05) is 31.2 Å². The fourth-order valence-electron chi connectivity index (χ4n) is 3.07. The number of aryl methyl sites for hydroxylation is 1. The minimum absolute atomic E-state index is 0.0158. The van der Waals surface area contributed by atoms with Crippen molar-refractivity contribution >= 4 is 16.7 Å². The molecule has 3 rings (SSSR count). The Morgan fingerprint density at radius 2 is 1.58 bits per heavy atom. The van der Waals surface area contributed by atoms with E-state index in [0.29, 0.717) is 33.9 Å². The third-order valence-corrected chi connectivity index (χ3v) is 4.36. The summed E-state index contributed by atoms with van der Waals surface area (Å²) in [7, 11) is 0. The Balaban J connectivity index is 2.18. The summed E-state index contributed by atoms with van der Waals surface area (Å²) in [5, 5.41) is 20.5. The maximum atomic E-state index is 12.7. The maximum Gasteiger partial charge on any atom is 0.416 e. The lowest BCUT2D eigenvalue weighted by Crippen LogP contribution is -2.04. The van der Waals surface area contributed by atoms with Crippen LogP contribution in [-0.4, -0.2) is 16.2 Å². The molecule has 0 aromatic heterocycles. The lowest BCUT2D eigenvalue weighted by Gasteiger charge is -2.13. The molecular formula is C20H15F3O3. The predicted octanol–water partition coefficient (Wildman–Crippen LogP) is 5.49. The minimum atomic E-state index is -4.40. The van der Waals surface area contributed by atoms with Crippen LogP contribution in [0, 0.1) is 0 Å². The first-order valence-electron chi connectivity index (χ1n) is 7.92. The number of hydrogen-bond donors (Lipinski definition) is 2. The van der Waals surface area contributed by atoms with E-state index in [4.69, 9.17) is 0 Å². The number of aromatic carboxylic acids is 1. The average Bonchev–Trinajstić information content (AvgIpc) is 2.60. The average molecular weight is 360 g/mol. The van der Waals surface area contributed by atoms with Gasteiger partial charge in [0.2, 0.25) is 0 Å². The third-order valence-electron chi connectivity index (χ3n) is 4.36. The van der Waals surface area contributed by atoms with Crippen molar-refractivity contribution < 1.29 is 28.2 Å². The highest BCUT2D eigenvalue weighted by Crippen LogP contribution is 2.35. The number of benzene rings is 3. The first-order valence-corrected chi connectivity index (χ1v) is 7.92. The minimum Gasteiger partial charge on any atom is -0.507 e. The highest BCUT2D eigenvalue weighted by atomic mass is 19.4. The number of halogens is 3. The number of phenolic OH excluding ortho intramolecular Hbond substituents is 1. The van der Waals surface area contributed by atoms with Gasteiger partial charge in [0.1, 0.15) is 5.75 Å². The van der Waals surface area contributed by atoms with Gasteiger partial charge in [0.05, 0.1) is 11.1 Å². The van der Waals surface area contributed by atoms with E-state index in [1.54, 1.807) is 18.2 Å². The van der Waals surface area contributed by atoms with E-state index in [0.717, 1.165) is 12.1 Å². The van der Waals surface area contributed by atoms with Crippen LogP contribution in [-0.2, 0) is 12.6 Å². The molecule has 0 fully saturated rings. The van der Waals surface area contributed by atoms with Gasteiger partial charge < -0.3 is 10.2 Å². The van der Waals surface area contributed by atoms with E-state index in [9.17, 15) is 28.2 Å². The Labute approximate surface area is 147 Å². The van der Waals surface area contributed by atoms with Crippen molar-refractivity contribution in [3.05, 3.63) is 65.2 Å². The first-order chi connectivity index (χ1) is 12.2. The largest absolute Gasteiger partial charge is 0.507 e. The molecule has 134 valence electrons. The van der Waals surface area contributed by atoms with E-state index >= 15 is 0 Å². The van der Waals surface area contributed by atoms with Gasteiger partial charge in [0, 0.05) is 5.39 Å². The lowest BCUT2D eigenvalue weighted by atomic mass is 9.93. The Morgan fingerprint density at radius 3 is 2.12 bits per heavy atom. The topological polar surface area (TPSA) is 57.5 Å². The number of phenols is 1. The fraction of sp³-hybridized carbons (Fsp3) is 0.150. The molecule has 0 aliphatic heterocycles. The van der Waals surface area contributed by atoms with Gasteiger partial charge in [-0.3, -0.25) is 0 Å². The van der Waals surface area contributed by atoms with Gasteiger partial charge in [-0.2, -0.15) is 13.2 Å². The SMILES string of the molecule is CCc1c(C(=O)O)cc(O)c2ccc(-c3ccc(C(F)(F)F)cc3)cc12. The van der Waals surface area contributed by atoms with Crippen LogP contribution in [0.4, 0.5) is 13.2 Å². The molecule has 0 saturated heterocycles. The highest BCUT2D eigenvalue weighted by Gasteiger charge is 2.30. The number of alkyl halides is 3. The van der Waals surface area contributed by atoms with Crippen LogP contribution in [0.2, 0.25) is 0 Å². The first kappa shape index (κ1) is 17.8. The molecular weight excluding hydrogens is 345 g/mol. The standard InChI is InChI=1S/C20H15F3O3/c1-2-14-16-9-12(11-3-6-13(7-4-11)20(21,22)23)5-8-15(16)18(24)10-17(14)19(25)26/h3-10,24H,2H2,1H3,(H,25,26). The third kappa shape index (κ3) is 3.10. The second kappa shape index (κ2) is 6.37. The Hall–Kier alpha value is -3.02. The number of aromatic hydroxyl groups is 1. The summed E-state index contributed by atoms with van der Waals surface area (Å²) in [4.78, 5) is 11.4. The van der Waals surface area contributed by atoms with E-state index < -0.39 is 17.7 Å². The van der Waals surface area contributed by atoms with E-state index in [2.05, 4.69) is 0 Å². The van der Waals surface area contributed by atoms with Crippen molar-refractivity contribution in [3.8, 4) is 16.9 Å². The molecule has 3 nitrogen and oxygen atoms in total. The molecule has 0 atom stereocenters. The number of carboxylic acids is 1. The molecule has 2 N–H and O–H groups in total. The van der Waals surface area contributed by atoms with Gasteiger partial charge in [0.25, 0.3) is 0 Å². The van der Waals surface area contributed by atoms with Crippen molar-refractivity contribution in [3.63, 3.8) is 0 Å². The normalized spacial score (nSPS) is 11.7. The van der Waals surface area contributed by atoms with Crippen molar-refractivity contribution in [1.82, 2.24) is 0 Å². The maximum absolute atomic E-state index is 12.7. The van der Waals surface area contributed by atoms with Crippen LogP contribution in [0.15, 0.2) is 48.5 Å². The molecule has 0 spiro atoms. The fourth-order valence-corrected chi connectivity index (χ4v) is 3.07. The zero-order chi connectivity index (χ0) is 19.1. The summed E-state index contributed by atoms with van der Waals surface area (Å²) < 4.78 is 38.1. The summed E-state index contributed by atoms with van der Waals surface area (Å²) >= 11 is 0. The monoisotopic (exact) mass is 360 g/mol. The Bertz CT molecular complexity index is 990. The summed E-state index contributed by atoms with van der Waals surface area (Å²) in [6.45, 7) is 1.81. The van der Waals surface area contributed by atoms with Crippen molar-refractivity contribution in [2.75, 3.05) is 0 Å². The molecule has 3 aromatic rings. The van der Waals surface area contributed by atoms with Crippen LogP contribution < -0.4 is 0 Å². The quantitative estimate of drug-likeness (QED) is 0.649. The molecule has 0 saturated carbocycles. The van der Waals surface area contributed by atoms with Gasteiger partial charge >= 0.3 is 12.1 Å². The van der Waals surface area contributed by atoms with Crippen LogP contribution in [0.25, 0.3) is 21.9 Å². The van der Waals surface area contributed by atoms with Gasteiger partial charge in [0.15, 0.2) is 0 Å². The van der Waals surface area contributed by atoms with Crippen molar-refractivity contribution in [1.29, 1.82) is 0 Å². The summed E-state index contributed by atoms with van der Waals surface area (Å²) in [6.07, 6.45) is -3.96. The number of hydrogen-bond acceptors (Lipinski definition) is 2. The Morgan fingerprint density at radius 1 is 0.962 bits per heavy atom. The van der Waals surface area contributed by atoms with Crippen LogP contribution in [0.3, 0.4) is 0 Å². The highest BCUT2D eigenvalue weighted by molar-refractivity contribution is 6.02. The molecule has 0 aliphatic rings. The predicted molar refractivity (Wildman–Crippen MR) is 92.4 cm³/mol. The lowest BCUT2D eigenvalue weighted by molar-refractivity contribution is -0.137. The molecule has 0 bridgehead atoms. The van der Waals surface area contributed by atoms with Crippen molar-refractivity contribution in [2.24, 2.45) is 0 Å². The van der Waals surface area contributed by atoms with E-state index in [1.165, 1.54) is 18.2 Å². The van der Waals surface area contributed by atoms with Crippen LogP contribution >= 0.6 is 0 Å². The zero-order valence-corrected chi connectivity index (χ0v) is 13.8. The molecule has 0 unspecified atom stereocenters. The molecule has 0 amide bonds. The van der Waals surface area contributed by atoms with Crippen LogP contribution in [0.5, 0.6) is 5.75 Å². The number of carboxylic acid groups (broad SMARTS) is 1. The van der Waals surface area contributed by atoms with Gasteiger partial charge in [-0.05, 0) is 52.8 Å². The molecule has 0 heterocycles. The number of carbonyl (C=O) groups is 1. The summed E-state index contributed by atoms with van der Waals surface area (Å²) in [5.74, 6) is -1.28. The summed E-state index contributed by atoms with van der Waals surface area (Å²) in [5.41, 5.74) is 1.06. The zero-order valence-electron chi connectivity index (χ0n) is 13.8. The Kier molecular flexibility index (Phi) is 4.36. The molecule has 26 heavy (non-hydrogen) atoms. The summed E-state index contributed by atoms with van der Waals surface area (Å²) in [6, 6.07) is 11.0.